The Morgan fingerprint density at radius 3 is 0.359 bits per heavy atom. The third-order valence-electron chi connectivity index (χ3n) is 28.5. The maximum absolute atomic E-state index is 3.94. The third-order valence-corrected chi connectivity index (χ3v) is 50.8. The summed E-state index contributed by atoms with van der Waals surface area (Å²) in [5.74, 6) is 0. The monoisotopic (exact) mass is 2190 g/mol. The maximum atomic E-state index is 3.60. The number of halogens is 4. The van der Waals surface area contributed by atoms with Gasteiger partial charge in [-0.05, 0) is 0 Å². The Morgan fingerprint density at radius 2 is 0.211 bits per heavy atom. The summed E-state index contributed by atoms with van der Waals surface area (Å²) in [6.07, 6.45) is 0. The van der Waals surface area contributed by atoms with Crippen LogP contribution in [0.5, 0.6) is 0 Å². The molecular formula is C136H92Br4Ge2. The van der Waals surface area contributed by atoms with Crippen molar-refractivity contribution >= 4 is 169 Å². The first-order chi connectivity index (χ1) is 69.9. The van der Waals surface area contributed by atoms with Crippen molar-refractivity contribution in [1.29, 1.82) is 0 Å². The van der Waals surface area contributed by atoms with Crippen LogP contribution in [0.15, 0.2) is 576 Å². The van der Waals surface area contributed by atoms with Gasteiger partial charge in [0.05, 0.1) is 0 Å². The van der Waals surface area contributed by atoms with Crippen LogP contribution in [0, 0.1) is 0 Å². The SMILES string of the molecule is Brc1ccc(-c2cc[c]([Ge]([c]3ccc(-c4ccc(Br)cc4)cc3)([c]3ccc(-c4ccc(Br)cc4)cc3)[c]3ccc(-c4ccc(Br)cc4)cc3)cc2)cc1.c1ccc2c(-c3ccc(-c4cc[c]([Ge]([c]5ccc(-c6ccc(-c7cccc8ccccc78)cc6)cc5)([c]5ccc(-c6ccc(-c7cccc8ccccc78)cc6)cc5)[c]5ccc(-c6ccc(-c7cccc8ccccc78)cc6)cc5)cc4)cc3)cccc2c1. The summed E-state index contributed by atoms with van der Waals surface area (Å²) in [4.78, 5) is 0. The summed E-state index contributed by atoms with van der Waals surface area (Å²) < 4.78 is 15.3. The van der Waals surface area contributed by atoms with E-state index in [-0.39, 0.29) is 0 Å². The zero-order valence-corrected chi connectivity index (χ0v) is 88.2. The molecule has 0 aliphatic carbocycles. The van der Waals surface area contributed by atoms with Crippen molar-refractivity contribution in [3.8, 4) is 134 Å². The molecule has 0 atom stereocenters. The number of hydrogen-bond donors (Lipinski definition) is 0. The van der Waals surface area contributed by atoms with E-state index in [9.17, 15) is 0 Å². The van der Waals surface area contributed by atoms with Gasteiger partial charge in [0.1, 0.15) is 0 Å². The molecule has 24 aromatic carbocycles. The molecule has 0 aliphatic heterocycles. The Bertz CT molecular complexity index is 7590. The fraction of sp³-hybridized carbons (Fsp3) is 0. The van der Waals surface area contributed by atoms with Gasteiger partial charge in [0, 0.05) is 0 Å². The first-order valence-electron chi connectivity index (χ1n) is 48.2. The fourth-order valence-electron chi connectivity index (χ4n) is 21.1. The Hall–Kier alpha value is -14.7. The first kappa shape index (κ1) is 91.1. The van der Waals surface area contributed by atoms with E-state index in [4.69, 9.17) is 0 Å². The molecule has 0 unspecified atom stereocenters. The Labute approximate surface area is 869 Å². The molecule has 24 aromatic rings. The third kappa shape index (κ3) is 18.3. The Balaban J connectivity index is 0.000000180. The van der Waals surface area contributed by atoms with Crippen LogP contribution in [0.1, 0.15) is 0 Å². The molecule has 0 N–H and O–H groups in total. The normalized spacial score (nSPS) is 11.5. The molecule has 0 aliphatic rings. The zero-order chi connectivity index (χ0) is 95.5. The van der Waals surface area contributed by atoms with E-state index in [1.54, 1.807) is 0 Å². The standard InChI is InChI=1S/C88H60Ge.C48H32Br4Ge/c1-5-21-81-69(13-1)17-9-25-85(81)73-37-29-61(30-38-73)65-45-53-77(54-46-65)89(78-55-47-66(48-56-78)62-31-39-74(40-32-62)86-26-10-18-70-14-2-6-22-82(70)86,79-57-49-67(50-58-79)63-33-41-75(42-34-63)87-27-11-19-71-15-3-7-23-83(71)87)80-59-51-68(52-60-80)64-35-43-76(44-36-64)88-28-12-20-72-16-4-8-24-84(72)88;49-41-17-1-33(2-18-41)37-9-25-45(26-10-37)53(46-27-11-38(12-28-46)34-3-19-42(50)20-4-34,47-29-13-39(14-30-47)35-5-21-43(51)22-6-35)48-31-15-40(16-32-48)36-7-23-44(52)24-8-36/h1-60H;1-32H. The first-order valence-corrected chi connectivity index (χ1v) is 59.7. The van der Waals surface area contributed by atoms with Crippen LogP contribution >= 0.6 is 63.7 Å². The molecule has 672 valence electrons. The molecule has 0 heterocycles. The predicted molar refractivity (Wildman–Crippen MR) is 626 cm³/mol. The molecule has 0 saturated carbocycles. The summed E-state index contributed by atoms with van der Waals surface area (Å²) >= 11 is 6.82. The second-order valence-corrected chi connectivity index (χ2v) is 56.2. The fourth-order valence-corrected chi connectivity index (χ4v) is 41.8. The summed E-state index contributed by atoms with van der Waals surface area (Å²) in [7, 11) is 0. The second kappa shape index (κ2) is 40.5. The molecule has 6 heteroatoms. The van der Waals surface area contributed by atoms with E-state index in [0.717, 1.165) is 17.9 Å². The number of hydrogen-bond acceptors (Lipinski definition) is 0. The average Bonchev–Trinajstić information content (AvgIpc) is 0.729. The van der Waals surface area contributed by atoms with Crippen molar-refractivity contribution in [2.45, 2.75) is 0 Å². The van der Waals surface area contributed by atoms with E-state index in [2.05, 4.69) is 622 Å². The van der Waals surface area contributed by atoms with Crippen LogP contribution in [0.3, 0.4) is 0 Å². The molecule has 0 radical (unpaired) electrons. The van der Waals surface area contributed by atoms with Crippen molar-refractivity contribution in [2.24, 2.45) is 0 Å². The van der Waals surface area contributed by atoms with Gasteiger partial charge in [0.2, 0.25) is 0 Å². The Morgan fingerprint density at radius 1 is 0.0986 bits per heavy atom. The van der Waals surface area contributed by atoms with Crippen molar-refractivity contribution in [3.05, 3.63) is 576 Å². The number of rotatable bonds is 20. The van der Waals surface area contributed by atoms with Gasteiger partial charge in [-0.15, -0.1) is 0 Å². The summed E-state index contributed by atoms with van der Waals surface area (Å²) in [6.45, 7) is 0. The molecule has 0 saturated heterocycles. The predicted octanol–water partition coefficient (Wildman–Crippen LogP) is 33.8. The van der Waals surface area contributed by atoms with Gasteiger partial charge < -0.3 is 0 Å². The van der Waals surface area contributed by atoms with E-state index in [0.29, 0.717) is 0 Å². The van der Waals surface area contributed by atoms with Gasteiger partial charge in [-0.3, -0.25) is 0 Å². The van der Waals surface area contributed by atoms with Crippen molar-refractivity contribution < 1.29 is 0 Å². The van der Waals surface area contributed by atoms with Crippen LogP contribution < -0.4 is 35.2 Å². The topological polar surface area (TPSA) is 0 Å². The minimum atomic E-state index is -3.94. The van der Waals surface area contributed by atoms with Gasteiger partial charge >= 0.3 is 854 Å². The zero-order valence-electron chi connectivity index (χ0n) is 77.6. The second-order valence-electron chi connectivity index (χ2n) is 36.6. The molecule has 142 heavy (non-hydrogen) atoms. The van der Waals surface area contributed by atoms with E-state index in [1.165, 1.54) is 212 Å². The van der Waals surface area contributed by atoms with Gasteiger partial charge in [-0.25, -0.2) is 0 Å². The summed E-state index contributed by atoms with van der Waals surface area (Å²) in [6, 6.07) is 208. The average molecular weight is 2190 g/mol. The van der Waals surface area contributed by atoms with Gasteiger partial charge in [-0.1, -0.05) is 24.3 Å². The van der Waals surface area contributed by atoms with E-state index >= 15 is 0 Å². The van der Waals surface area contributed by atoms with Gasteiger partial charge in [0.15, 0.2) is 0 Å². The van der Waals surface area contributed by atoms with Crippen LogP contribution in [0.4, 0.5) is 0 Å². The molecule has 24 rings (SSSR count). The number of fused-ring (bicyclic) bond motifs is 4. The van der Waals surface area contributed by atoms with Crippen molar-refractivity contribution in [3.63, 3.8) is 0 Å². The van der Waals surface area contributed by atoms with Crippen molar-refractivity contribution in [2.75, 3.05) is 0 Å². The molecule has 0 amide bonds. The molecule has 0 aromatic heterocycles. The molecule has 0 nitrogen and oxygen atoms in total. The van der Waals surface area contributed by atoms with E-state index in [1.807, 2.05) is 0 Å². The van der Waals surface area contributed by atoms with Crippen molar-refractivity contribution in [1.82, 2.24) is 0 Å². The number of benzene rings is 24. The summed E-state index contributed by atoms with van der Waals surface area (Å²) in [5.41, 5.74) is 29.1. The van der Waals surface area contributed by atoms with Crippen LogP contribution in [0.2, 0.25) is 0 Å². The molecule has 0 spiro atoms. The summed E-state index contributed by atoms with van der Waals surface area (Å²) in [5, 5.41) is 10.1. The quantitative estimate of drug-likeness (QED) is 0.0667. The van der Waals surface area contributed by atoms with E-state index < -0.39 is 26.5 Å². The van der Waals surface area contributed by atoms with Gasteiger partial charge in [-0.2, -0.15) is 0 Å². The molecular weight excluding hydrogens is 2100 g/mol. The van der Waals surface area contributed by atoms with Crippen LogP contribution in [-0.2, 0) is 0 Å². The van der Waals surface area contributed by atoms with Crippen LogP contribution in [0.25, 0.3) is 177 Å². The Kier molecular flexibility index (Phi) is 26.0. The minimum absolute atomic E-state index is 1.08. The molecule has 0 bridgehead atoms. The van der Waals surface area contributed by atoms with Gasteiger partial charge in [0.25, 0.3) is 0 Å². The van der Waals surface area contributed by atoms with Crippen LogP contribution in [-0.4, -0.2) is 26.5 Å². The molecule has 0 fully saturated rings.